The van der Waals surface area contributed by atoms with Crippen LogP contribution in [0.3, 0.4) is 0 Å². The molecule has 1 aliphatic heterocycles. The van der Waals surface area contributed by atoms with Gasteiger partial charge in [0.2, 0.25) is 11.6 Å². The van der Waals surface area contributed by atoms with Crippen molar-refractivity contribution < 1.29 is 36.6 Å². The Kier molecular flexibility index (Phi) is 7.46. The summed E-state index contributed by atoms with van der Waals surface area (Å²) < 4.78 is 69.7. The van der Waals surface area contributed by atoms with Gasteiger partial charge in [-0.25, -0.2) is 8.78 Å². The van der Waals surface area contributed by atoms with Crippen LogP contribution < -0.4 is 0 Å². The van der Waals surface area contributed by atoms with Gasteiger partial charge in [0.1, 0.15) is 5.82 Å². The third kappa shape index (κ3) is 5.00. The van der Waals surface area contributed by atoms with Gasteiger partial charge in [0.05, 0.1) is 5.92 Å². The number of amides is 1. The third-order valence-electron chi connectivity index (χ3n) is 9.56. The lowest BCUT2D eigenvalue weighted by Gasteiger charge is -2.54. The molecule has 5 rings (SSSR count). The summed E-state index contributed by atoms with van der Waals surface area (Å²) in [7, 11) is 0. The van der Waals surface area contributed by atoms with Gasteiger partial charge in [-0.3, -0.25) is 9.59 Å². The molecule has 2 aliphatic carbocycles. The Morgan fingerprint density at radius 3 is 2.35 bits per heavy atom. The quantitative estimate of drug-likeness (QED) is 0.404. The van der Waals surface area contributed by atoms with Crippen LogP contribution in [0.2, 0.25) is 0 Å². The van der Waals surface area contributed by atoms with E-state index in [1.165, 1.54) is 24.3 Å². The van der Waals surface area contributed by atoms with Gasteiger partial charge < -0.3 is 10.0 Å². The van der Waals surface area contributed by atoms with E-state index in [9.17, 15) is 36.6 Å². The van der Waals surface area contributed by atoms with Crippen LogP contribution in [0.15, 0.2) is 42.5 Å². The summed E-state index contributed by atoms with van der Waals surface area (Å²) >= 11 is 0. The fraction of sp³-hybridized carbons (Fsp3) is 0.548. The normalized spacial score (nSPS) is 28.2. The first kappa shape index (κ1) is 28.6. The van der Waals surface area contributed by atoms with Crippen LogP contribution >= 0.6 is 0 Å². The Labute approximate surface area is 230 Å². The van der Waals surface area contributed by atoms with E-state index in [1.807, 2.05) is 11.0 Å². The molecule has 2 aromatic carbocycles. The Morgan fingerprint density at radius 2 is 1.70 bits per heavy atom. The number of carbonyl (C=O) groups is 2. The van der Waals surface area contributed by atoms with Gasteiger partial charge in [0.25, 0.3) is 0 Å². The van der Waals surface area contributed by atoms with Crippen LogP contribution in [-0.4, -0.2) is 40.6 Å². The predicted molar refractivity (Wildman–Crippen MR) is 139 cm³/mol. The molecule has 1 heterocycles. The fourth-order valence-electron chi connectivity index (χ4n) is 7.36. The van der Waals surface area contributed by atoms with E-state index in [1.54, 1.807) is 12.1 Å². The van der Waals surface area contributed by atoms with E-state index in [2.05, 4.69) is 0 Å². The van der Waals surface area contributed by atoms with Gasteiger partial charge in [-0.1, -0.05) is 30.3 Å². The largest absolute Gasteiger partial charge is 0.481 e. The Balaban J connectivity index is 1.53. The second-order valence-corrected chi connectivity index (χ2v) is 11.9. The summed E-state index contributed by atoms with van der Waals surface area (Å²) in [6.07, 6.45) is -0.565. The van der Waals surface area contributed by atoms with E-state index < -0.39 is 40.5 Å². The van der Waals surface area contributed by atoms with Crippen molar-refractivity contribution >= 4 is 11.9 Å². The molecule has 1 saturated heterocycles. The highest BCUT2D eigenvalue weighted by Gasteiger charge is 2.55. The molecule has 2 fully saturated rings. The summed E-state index contributed by atoms with van der Waals surface area (Å²) in [5, 5.41) is 9.36. The molecule has 0 radical (unpaired) electrons. The predicted octanol–water partition coefficient (Wildman–Crippen LogP) is 6.88. The van der Waals surface area contributed by atoms with Crippen molar-refractivity contribution in [1.29, 1.82) is 0 Å². The summed E-state index contributed by atoms with van der Waals surface area (Å²) in [6.45, 7) is 1.07. The topological polar surface area (TPSA) is 57.6 Å². The highest BCUT2D eigenvalue weighted by Crippen LogP contribution is 2.51. The third-order valence-corrected chi connectivity index (χ3v) is 9.56. The van der Waals surface area contributed by atoms with Crippen molar-refractivity contribution in [3.8, 4) is 0 Å². The van der Waals surface area contributed by atoms with E-state index in [4.69, 9.17) is 0 Å². The number of fused-ring (bicyclic) bond motifs is 3. The first-order chi connectivity index (χ1) is 18.8. The maximum absolute atomic E-state index is 14.9. The number of carbonyl (C=O) groups excluding carboxylic acids is 1. The Bertz CT molecular complexity index is 1280. The maximum atomic E-state index is 14.9. The highest BCUT2D eigenvalue weighted by atomic mass is 19.4. The van der Waals surface area contributed by atoms with Gasteiger partial charge in [0.15, 0.2) is 0 Å². The fourth-order valence-corrected chi connectivity index (χ4v) is 7.36. The number of alkyl halides is 4. The van der Waals surface area contributed by atoms with Gasteiger partial charge in [-0.05, 0) is 99.1 Å². The number of aliphatic carboxylic acids is 1. The van der Waals surface area contributed by atoms with Crippen molar-refractivity contribution in [3.63, 3.8) is 0 Å². The summed E-state index contributed by atoms with van der Waals surface area (Å²) in [4.78, 5) is 27.2. The molecule has 40 heavy (non-hydrogen) atoms. The number of likely N-dealkylation sites (tertiary alicyclic amines) is 1. The smallest absolute Gasteiger partial charge is 0.426 e. The molecule has 1 saturated carbocycles. The van der Waals surface area contributed by atoms with Crippen LogP contribution in [0.5, 0.6) is 0 Å². The van der Waals surface area contributed by atoms with Crippen molar-refractivity contribution in [3.05, 3.63) is 70.5 Å². The molecule has 1 amide bonds. The molecule has 0 spiro atoms. The Hall–Kier alpha value is -2.97. The lowest BCUT2D eigenvalue weighted by atomic mass is 9.59. The summed E-state index contributed by atoms with van der Waals surface area (Å²) in [5.41, 5.74) is -2.47. The first-order valence-corrected chi connectivity index (χ1v) is 14.0. The minimum absolute atomic E-state index is 0.00868. The SMILES string of the molecule is CC(F)(c1ccc2c(c1)CCC1N(C(=O)[C@H]3CC[C@H](C(=O)O)CC3)CCCC21Cc1cccc(F)c1)C(F)(F)F. The van der Waals surface area contributed by atoms with E-state index in [-0.39, 0.29) is 17.9 Å². The van der Waals surface area contributed by atoms with Crippen LogP contribution in [-0.2, 0) is 33.5 Å². The number of halogens is 5. The number of piperidine rings is 1. The molecule has 1 N–H and O–H groups in total. The Morgan fingerprint density at radius 1 is 1.00 bits per heavy atom. The van der Waals surface area contributed by atoms with Crippen molar-refractivity contribution in [2.24, 2.45) is 11.8 Å². The lowest BCUT2D eigenvalue weighted by molar-refractivity contribution is -0.228. The molecule has 0 aromatic heterocycles. The number of rotatable bonds is 5. The van der Waals surface area contributed by atoms with Crippen molar-refractivity contribution in [2.75, 3.05) is 6.54 Å². The molecular formula is C31H34F5NO3. The summed E-state index contributed by atoms with van der Waals surface area (Å²) in [6, 6.07) is 10.1. The number of hydrogen-bond acceptors (Lipinski definition) is 2. The van der Waals surface area contributed by atoms with Crippen LogP contribution in [0.25, 0.3) is 0 Å². The molecule has 216 valence electrons. The van der Waals surface area contributed by atoms with Gasteiger partial charge in [-0.15, -0.1) is 0 Å². The average Bonchev–Trinajstić information content (AvgIpc) is 2.91. The highest BCUT2D eigenvalue weighted by molar-refractivity contribution is 5.80. The van der Waals surface area contributed by atoms with Crippen LogP contribution in [0.4, 0.5) is 22.0 Å². The molecule has 0 bridgehead atoms. The van der Waals surface area contributed by atoms with E-state index >= 15 is 0 Å². The zero-order chi connectivity index (χ0) is 28.9. The standard InChI is InChI=1S/C31H34F5NO3/c1-29(33,31(34,35)36)23-11-12-25-22(17-23)10-13-26-30(25,18-19-4-2-5-24(32)16-19)14-3-15-37(26)27(38)20-6-8-21(9-7-20)28(39)40/h2,4-5,11-12,16-17,20-21,26H,3,6-10,13-15,18H2,1H3,(H,39,40)/t20-,21-,26?,29?,30?. The average molecular weight is 564 g/mol. The molecule has 3 atom stereocenters. The zero-order valence-corrected chi connectivity index (χ0v) is 22.4. The van der Waals surface area contributed by atoms with Crippen molar-refractivity contribution in [2.45, 2.75) is 88.0 Å². The van der Waals surface area contributed by atoms with Gasteiger partial charge >= 0.3 is 12.1 Å². The van der Waals surface area contributed by atoms with E-state index in [0.717, 1.165) is 11.1 Å². The van der Waals surface area contributed by atoms with Gasteiger partial charge in [-0.2, -0.15) is 13.2 Å². The molecule has 4 nitrogen and oxygen atoms in total. The zero-order valence-electron chi connectivity index (χ0n) is 22.4. The van der Waals surface area contributed by atoms with Crippen LogP contribution in [0.1, 0.15) is 74.1 Å². The number of nitrogens with zero attached hydrogens (tertiary/aromatic N) is 1. The first-order valence-electron chi connectivity index (χ1n) is 14.0. The molecular weight excluding hydrogens is 529 g/mol. The second-order valence-electron chi connectivity index (χ2n) is 11.9. The molecule has 3 aliphatic rings. The lowest BCUT2D eigenvalue weighted by Crippen LogP contribution is -2.60. The minimum Gasteiger partial charge on any atom is -0.481 e. The number of hydrogen-bond donors (Lipinski definition) is 1. The maximum Gasteiger partial charge on any atom is 0.426 e. The van der Waals surface area contributed by atoms with Crippen molar-refractivity contribution in [1.82, 2.24) is 4.90 Å². The van der Waals surface area contributed by atoms with E-state index in [0.29, 0.717) is 76.8 Å². The second kappa shape index (κ2) is 10.5. The van der Waals surface area contributed by atoms with Gasteiger partial charge in [0, 0.05) is 23.9 Å². The number of aryl methyl sites for hydroxylation is 1. The number of benzene rings is 2. The summed E-state index contributed by atoms with van der Waals surface area (Å²) in [5.74, 6) is -1.95. The number of carboxylic acid groups (broad SMARTS) is 1. The molecule has 2 aromatic rings. The van der Waals surface area contributed by atoms with Crippen LogP contribution in [0, 0.1) is 17.7 Å². The number of carboxylic acids is 1. The monoisotopic (exact) mass is 563 g/mol. The molecule has 3 unspecified atom stereocenters. The minimum atomic E-state index is -5.06. The molecule has 9 heteroatoms.